The minimum Gasteiger partial charge on any atom is -0.468 e. The first-order valence-electron chi connectivity index (χ1n) is 5.03. The Morgan fingerprint density at radius 3 is 3.06 bits per heavy atom. The number of carbonyl (C=O) groups excluding carboxylic acids is 2. The maximum absolute atomic E-state index is 11.7. The number of ether oxygens (including phenoxy) is 1. The Balaban J connectivity index is 2.29. The largest absolute Gasteiger partial charge is 0.468 e. The minimum atomic E-state index is -0.430. The van der Waals surface area contributed by atoms with Crippen LogP contribution in [0.2, 0.25) is 0 Å². The molecule has 86 valence electrons. The zero-order valence-corrected chi connectivity index (χ0v) is 9.27. The third kappa shape index (κ3) is 1.78. The first-order valence-corrected chi connectivity index (χ1v) is 5.03. The number of anilines is 1. The molecule has 2 heterocycles. The van der Waals surface area contributed by atoms with Crippen molar-refractivity contribution in [2.45, 2.75) is 19.9 Å². The molecule has 0 saturated heterocycles. The highest BCUT2D eigenvalue weighted by molar-refractivity contribution is 5.97. The van der Waals surface area contributed by atoms with Gasteiger partial charge >= 0.3 is 5.97 Å². The Bertz CT molecular complexity index is 439. The van der Waals surface area contributed by atoms with Crippen LogP contribution in [-0.2, 0) is 20.9 Å². The quantitative estimate of drug-likeness (QED) is 0.667. The summed E-state index contributed by atoms with van der Waals surface area (Å²) in [6.45, 7) is 2.37. The fourth-order valence-corrected chi connectivity index (χ4v) is 1.74. The standard InChI is InChI=1S/C10H13N3O3/c1-7-5-8-12(6-10(15)16-2)9(14)3-4-13(8)11-7/h5H,3-4,6H2,1-2H3. The summed E-state index contributed by atoms with van der Waals surface area (Å²) in [6.07, 6.45) is 0.366. The van der Waals surface area contributed by atoms with Crippen molar-refractivity contribution in [1.82, 2.24) is 9.78 Å². The lowest BCUT2D eigenvalue weighted by atomic mass is 10.3. The highest BCUT2D eigenvalue weighted by atomic mass is 16.5. The molecule has 16 heavy (non-hydrogen) atoms. The van der Waals surface area contributed by atoms with Crippen molar-refractivity contribution in [3.05, 3.63) is 11.8 Å². The van der Waals surface area contributed by atoms with Crippen LogP contribution in [0.1, 0.15) is 12.1 Å². The van der Waals surface area contributed by atoms with Crippen LogP contribution >= 0.6 is 0 Å². The van der Waals surface area contributed by atoms with E-state index in [1.54, 1.807) is 10.7 Å². The Morgan fingerprint density at radius 2 is 2.38 bits per heavy atom. The van der Waals surface area contributed by atoms with Gasteiger partial charge in [0.2, 0.25) is 5.91 Å². The fraction of sp³-hybridized carbons (Fsp3) is 0.500. The monoisotopic (exact) mass is 223 g/mol. The van der Waals surface area contributed by atoms with Gasteiger partial charge in [0.05, 0.1) is 19.3 Å². The van der Waals surface area contributed by atoms with Crippen LogP contribution in [0, 0.1) is 6.92 Å². The molecule has 0 unspecified atom stereocenters. The van der Waals surface area contributed by atoms with Crippen LogP contribution in [0.3, 0.4) is 0 Å². The minimum absolute atomic E-state index is 0.0551. The van der Waals surface area contributed by atoms with E-state index in [0.29, 0.717) is 18.8 Å². The molecule has 0 saturated carbocycles. The van der Waals surface area contributed by atoms with Crippen molar-refractivity contribution in [2.75, 3.05) is 18.6 Å². The van der Waals surface area contributed by atoms with Crippen LogP contribution in [0.15, 0.2) is 6.07 Å². The van der Waals surface area contributed by atoms with Crippen LogP contribution in [0.4, 0.5) is 5.82 Å². The molecular formula is C10H13N3O3. The molecule has 1 aromatic rings. The summed E-state index contributed by atoms with van der Waals surface area (Å²) in [7, 11) is 1.30. The molecule has 0 aliphatic carbocycles. The maximum Gasteiger partial charge on any atom is 0.325 e. The van der Waals surface area contributed by atoms with Crippen molar-refractivity contribution in [3.63, 3.8) is 0 Å². The van der Waals surface area contributed by atoms with Crippen LogP contribution in [0.25, 0.3) is 0 Å². The summed E-state index contributed by atoms with van der Waals surface area (Å²) in [5.41, 5.74) is 0.833. The summed E-state index contributed by atoms with van der Waals surface area (Å²) in [5.74, 6) is 0.164. The molecule has 0 bridgehead atoms. The first-order chi connectivity index (χ1) is 7.61. The van der Waals surface area contributed by atoms with E-state index in [-0.39, 0.29) is 12.5 Å². The summed E-state index contributed by atoms with van der Waals surface area (Å²) >= 11 is 0. The number of carbonyl (C=O) groups is 2. The number of hydrogen-bond acceptors (Lipinski definition) is 4. The van der Waals surface area contributed by atoms with Gasteiger partial charge in [0.1, 0.15) is 12.4 Å². The Labute approximate surface area is 92.8 Å². The number of nitrogens with zero attached hydrogens (tertiary/aromatic N) is 3. The number of esters is 1. The summed E-state index contributed by atoms with van der Waals surface area (Å²) < 4.78 is 6.30. The predicted octanol–water partition coefficient (Wildman–Crippen LogP) is 0.101. The molecule has 0 atom stereocenters. The lowest BCUT2D eigenvalue weighted by Crippen LogP contribution is -2.41. The molecule has 0 aromatic carbocycles. The smallest absolute Gasteiger partial charge is 0.325 e. The average Bonchev–Trinajstić information content (AvgIpc) is 2.63. The molecule has 0 fully saturated rings. The van der Waals surface area contributed by atoms with Gasteiger partial charge in [0, 0.05) is 12.5 Å². The van der Waals surface area contributed by atoms with Gasteiger partial charge in [-0.1, -0.05) is 0 Å². The van der Waals surface area contributed by atoms with Gasteiger partial charge in [-0.2, -0.15) is 5.10 Å². The Hall–Kier alpha value is -1.85. The number of fused-ring (bicyclic) bond motifs is 1. The Morgan fingerprint density at radius 1 is 1.62 bits per heavy atom. The van der Waals surface area contributed by atoms with Crippen LogP contribution in [-0.4, -0.2) is 35.3 Å². The first kappa shape index (κ1) is 10.7. The number of hydrogen-bond donors (Lipinski definition) is 0. The highest BCUT2D eigenvalue weighted by Crippen LogP contribution is 2.22. The summed E-state index contributed by atoms with van der Waals surface area (Å²) in [5, 5.41) is 4.24. The molecule has 0 N–H and O–H groups in total. The zero-order chi connectivity index (χ0) is 11.7. The second-order valence-electron chi connectivity index (χ2n) is 3.67. The molecule has 1 amide bonds. The van der Waals surface area contributed by atoms with Gasteiger partial charge in [0.15, 0.2) is 0 Å². The van der Waals surface area contributed by atoms with E-state index in [2.05, 4.69) is 9.84 Å². The van der Waals surface area contributed by atoms with E-state index >= 15 is 0 Å². The normalized spacial score (nSPS) is 14.9. The van der Waals surface area contributed by atoms with Crippen LogP contribution in [0.5, 0.6) is 0 Å². The van der Waals surface area contributed by atoms with Gasteiger partial charge in [-0.05, 0) is 6.92 Å². The van der Waals surface area contributed by atoms with Crippen LogP contribution < -0.4 is 4.90 Å². The highest BCUT2D eigenvalue weighted by Gasteiger charge is 2.27. The van der Waals surface area contributed by atoms with E-state index in [4.69, 9.17) is 0 Å². The number of aromatic nitrogens is 2. The van der Waals surface area contributed by atoms with Gasteiger partial charge in [-0.25, -0.2) is 4.68 Å². The summed E-state index contributed by atoms with van der Waals surface area (Å²) in [6, 6.07) is 1.79. The topological polar surface area (TPSA) is 64.4 Å². The number of methoxy groups -OCH3 is 1. The van der Waals surface area contributed by atoms with E-state index in [1.807, 2.05) is 6.92 Å². The molecule has 1 aliphatic rings. The maximum atomic E-state index is 11.7. The molecule has 0 spiro atoms. The van der Waals surface area contributed by atoms with E-state index in [9.17, 15) is 9.59 Å². The molecule has 0 radical (unpaired) electrons. The summed E-state index contributed by atoms with van der Waals surface area (Å²) in [4.78, 5) is 24.3. The lowest BCUT2D eigenvalue weighted by Gasteiger charge is -2.26. The van der Waals surface area contributed by atoms with Gasteiger partial charge in [-0.15, -0.1) is 0 Å². The van der Waals surface area contributed by atoms with E-state index in [1.165, 1.54) is 12.0 Å². The number of rotatable bonds is 2. The molecule has 2 rings (SSSR count). The number of amides is 1. The number of aryl methyl sites for hydroxylation is 2. The second-order valence-corrected chi connectivity index (χ2v) is 3.67. The van der Waals surface area contributed by atoms with E-state index < -0.39 is 5.97 Å². The fourth-order valence-electron chi connectivity index (χ4n) is 1.74. The van der Waals surface area contributed by atoms with Crippen molar-refractivity contribution < 1.29 is 14.3 Å². The average molecular weight is 223 g/mol. The van der Waals surface area contributed by atoms with Gasteiger partial charge < -0.3 is 4.74 Å². The molecule has 6 heteroatoms. The van der Waals surface area contributed by atoms with E-state index in [0.717, 1.165) is 5.69 Å². The SMILES string of the molecule is COC(=O)CN1C(=O)CCn2nc(C)cc21. The molecular weight excluding hydrogens is 210 g/mol. The second kappa shape index (κ2) is 3.96. The van der Waals surface area contributed by atoms with Gasteiger partial charge in [0.25, 0.3) is 0 Å². The van der Waals surface area contributed by atoms with Crippen molar-refractivity contribution in [1.29, 1.82) is 0 Å². The Kier molecular flexibility index (Phi) is 2.64. The van der Waals surface area contributed by atoms with Crippen molar-refractivity contribution in [2.24, 2.45) is 0 Å². The van der Waals surface area contributed by atoms with Crippen molar-refractivity contribution >= 4 is 17.7 Å². The molecule has 6 nitrogen and oxygen atoms in total. The third-order valence-corrected chi connectivity index (χ3v) is 2.51. The molecule has 1 aromatic heterocycles. The van der Waals surface area contributed by atoms with Crippen molar-refractivity contribution in [3.8, 4) is 0 Å². The lowest BCUT2D eigenvalue weighted by molar-refractivity contribution is -0.140. The molecule has 1 aliphatic heterocycles. The van der Waals surface area contributed by atoms with Gasteiger partial charge in [-0.3, -0.25) is 14.5 Å². The third-order valence-electron chi connectivity index (χ3n) is 2.51. The zero-order valence-electron chi connectivity index (χ0n) is 9.27. The predicted molar refractivity (Wildman–Crippen MR) is 56.0 cm³/mol.